The van der Waals surface area contributed by atoms with Crippen molar-refractivity contribution in [3.05, 3.63) is 59.2 Å². The normalized spacial score (nSPS) is 8.42. The largest absolute Gasteiger partial charge is 2.00 e. The zero-order valence-electron chi connectivity index (χ0n) is 17.6. The molecule has 0 fully saturated rings. The summed E-state index contributed by atoms with van der Waals surface area (Å²) >= 11 is 0. The van der Waals surface area contributed by atoms with Gasteiger partial charge in [0.05, 0.1) is 59.7 Å². The van der Waals surface area contributed by atoms with Crippen LogP contribution in [0.4, 0.5) is 0 Å². The van der Waals surface area contributed by atoms with Crippen LogP contribution in [0.5, 0.6) is 0 Å². The van der Waals surface area contributed by atoms with Gasteiger partial charge in [-0.3, -0.25) is 0 Å². The smallest absolute Gasteiger partial charge is 0.543 e. The number of aromatic carboxylic acids is 4. The van der Waals surface area contributed by atoms with Gasteiger partial charge in [-0.1, -0.05) is 12.1 Å². The first-order chi connectivity index (χ1) is 14.1. The second kappa shape index (κ2) is 20.8. The van der Waals surface area contributed by atoms with E-state index in [1.807, 2.05) is 0 Å². The second-order valence-electron chi connectivity index (χ2n) is 5.38. The van der Waals surface area contributed by atoms with Gasteiger partial charge < -0.3 is 62.0 Å². The van der Waals surface area contributed by atoms with E-state index < -0.39 is 46.7 Å². The first-order valence-corrected chi connectivity index (χ1v) is 8.52. The summed E-state index contributed by atoms with van der Waals surface area (Å²) in [4.78, 5) is 47.3. The number of hydrogen-bond donors (Lipinski definition) is 2. The molecule has 0 aliphatic carbocycles. The van der Waals surface area contributed by atoms with Gasteiger partial charge in [-0.15, -0.1) is 0 Å². The maximum Gasteiger partial charge on any atom is 2.00 e. The van der Waals surface area contributed by atoms with Gasteiger partial charge in [0.1, 0.15) is 0 Å². The third kappa shape index (κ3) is 16.3. The maximum atomic E-state index is 10.2. The Balaban J connectivity index is -0.000000193. The third-order valence-electron chi connectivity index (χ3n) is 3.08. The number of carbonyl (C=O) groups is 4. The quantitative estimate of drug-likeness (QED) is 0.234. The minimum absolute atomic E-state index is 0. The van der Waals surface area contributed by atoms with Crippen molar-refractivity contribution in [3.63, 3.8) is 0 Å². The Bertz CT molecular complexity index is 753. The van der Waals surface area contributed by atoms with Crippen molar-refractivity contribution >= 4 is 23.9 Å². The molecule has 0 atom stereocenters. The molecule has 2 heterocycles. The van der Waals surface area contributed by atoms with Gasteiger partial charge in [-0.05, 0) is 24.3 Å². The first kappa shape index (κ1) is 37.3. The van der Waals surface area contributed by atoms with Gasteiger partial charge in [0.25, 0.3) is 0 Å². The fourth-order valence-corrected chi connectivity index (χ4v) is 1.68. The number of hydrogen-bond acceptors (Lipinski definition) is 10. The molecule has 178 valence electrons. The molecule has 2 aromatic rings. The molecule has 0 aliphatic heterocycles. The predicted molar refractivity (Wildman–Crippen MR) is 97.8 cm³/mol. The van der Waals surface area contributed by atoms with Gasteiger partial charge in [0.15, 0.2) is 0 Å². The van der Waals surface area contributed by atoms with Crippen LogP contribution in [0.15, 0.2) is 36.4 Å². The summed E-state index contributed by atoms with van der Waals surface area (Å²) in [6, 6.07) is 7.07. The van der Waals surface area contributed by atoms with Crippen molar-refractivity contribution in [2.45, 2.75) is 12.8 Å². The Labute approximate surface area is 208 Å². The Morgan fingerprint density at radius 1 is 0.606 bits per heavy atom. The van der Waals surface area contributed by atoms with Crippen molar-refractivity contribution < 1.29 is 89.3 Å². The summed E-state index contributed by atoms with van der Waals surface area (Å²) in [6.07, 6.45) is 2.48. The molecule has 14 nitrogen and oxygen atoms in total. The molecule has 0 aliphatic rings. The van der Waals surface area contributed by atoms with E-state index >= 15 is 0 Å². The zero-order chi connectivity index (χ0) is 23.1. The average Bonchev–Trinajstić information content (AvgIpc) is 2.73. The second-order valence-corrected chi connectivity index (χ2v) is 5.38. The topological polar surface area (TPSA) is 305 Å². The molecule has 0 spiro atoms. The minimum Gasteiger partial charge on any atom is -0.543 e. The van der Waals surface area contributed by atoms with E-state index in [0.717, 1.165) is 37.4 Å². The molecule has 0 aromatic carbocycles. The van der Waals surface area contributed by atoms with E-state index in [-0.39, 0.29) is 38.3 Å². The van der Waals surface area contributed by atoms with E-state index in [4.69, 9.17) is 0 Å². The third-order valence-corrected chi connectivity index (χ3v) is 3.08. The molecule has 10 N–H and O–H groups in total. The summed E-state index contributed by atoms with van der Waals surface area (Å²) in [7, 11) is 0. The maximum absolute atomic E-state index is 10.2. The van der Waals surface area contributed by atoms with E-state index in [2.05, 4.69) is 21.4 Å². The fourth-order valence-electron chi connectivity index (χ4n) is 1.68. The van der Waals surface area contributed by atoms with E-state index in [9.17, 15) is 39.6 Å². The summed E-state index contributed by atoms with van der Waals surface area (Å²) in [5, 5.41) is 40.8. The zero-order valence-corrected chi connectivity index (χ0v) is 21.6. The number of aromatic nitrogens is 2. The molecule has 0 bridgehead atoms. The van der Waals surface area contributed by atoms with Gasteiger partial charge in [-0.2, -0.15) is 0 Å². The van der Waals surface area contributed by atoms with Gasteiger partial charge >= 0.3 is 27.3 Å². The molecule has 2 aromatic heterocycles. The fraction of sp³-hybridized carbons (Fsp3) is 0.222. The SMILES string of the molecule is O.O.O=C([O-])c1cccc(C(=O)[O-])n1.O=C([O-])c1cccc(C(=O)[O-])n1.[Cd+2].[NH3+]CCCC[NH3+]. The number of carboxylic acid groups (broad SMARTS) is 4. The van der Waals surface area contributed by atoms with Crippen LogP contribution < -0.4 is 31.9 Å². The summed E-state index contributed by atoms with van der Waals surface area (Å²) in [5.41, 5.74) is 5.71. The van der Waals surface area contributed by atoms with E-state index in [1.165, 1.54) is 25.0 Å². The van der Waals surface area contributed by atoms with Crippen LogP contribution in [0.25, 0.3) is 0 Å². The Morgan fingerprint density at radius 2 is 0.818 bits per heavy atom. The molecule has 0 radical (unpaired) electrons. The van der Waals surface area contributed by atoms with Gasteiger partial charge in [-0.25, -0.2) is 9.97 Å². The number of carbonyl (C=O) groups excluding carboxylic acids is 4. The van der Waals surface area contributed by atoms with Crippen molar-refractivity contribution in [3.8, 4) is 0 Å². The van der Waals surface area contributed by atoms with Crippen LogP contribution in [0.2, 0.25) is 0 Å². The molecule has 0 unspecified atom stereocenters. The van der Waals surface area contributed by atoms with Crippen LogP contribution >= 0.6 is 0 Å². The monoisotopic (exact) mass is 570 g/mol. The van der Waals surface area contributed by atoms with E-state index in [1.54, 1.807) is 0 Å². The van der Waals surface area contributed by atoms with Gasteiger partial charge in [0, 0.05) is 12.8 Å². The molecule has 0 saturated heterocycles. The first-order valence-electron chi connectivity index (χ1n) is 8.52. The number of quaternary nitrogens is 2. The van der Waals surface area contributed by atoms with Crippen LogP contribution in [0, 0.1) is 0 Å². The molecule has 15 heteroatoms. The molecule has 33 heavy (non-hydrogen) atoms. The van der Waals surface area contributed by atoms with E-state index in [0.29, 0.717) is 0 Å². The van der Waals surface area contributed by atoms with Gasteiger partial charge in [0.2, 0.25) is 0 Å². The number of carboxylic acids is 4. The standard InChI is InChI=1S/2C7H5NO4.C4H12N2.Cd.2H2O/c2*9-6(10)4-2-1-3-5(8-4)7(11)12;5-3-1-2-4-6;;;/h2*1-3H,(H,9,10)(H,11,12);1-6H2;;2*1H2/q;;;+2;;/p-2. The van der Waals surface area contributed by atoms with Crippen LogP contribution in [-0.4, -0.2) is 57.9 Å². The molecule has 0 saturated carbocycles. The van der Waals surface area contributed by atoms with Crippen molar-refractivity contribution in [2.75, 3.05) is 13.1 Å². The summed E-state index contributed by atoms with van der Waals surface area (Å²) in [6.45, 7) is 2.13. The van der Waals surface area contributed by atoms with Crippen molar-refractivity contribution in [1.29, 1.82) is 0 Å². The Morgan fingerprint density at radius 3 is 0.970 bits per heavy atom. The summed E-state index contributed by atoms with van der Waals surface area (Å²) in [5.74, 6) is -6.06. The molecular weight excluding hydrogens is 545 g/mol. The number of nitrogens with zero attached hydrogens (tertiary/aromatic N) is 2. The van der Waals surface area contributed by atoms with Crippen molar-refractivity contribution in [1.82, 2.24) is 9.97 Å². The molecule has 2 rings (SSSR count). The number of rotatable bonds is 7. The Kier molecular flexibility index (Phi) is 23.5. The molecular formula is C18H24CdN4O10. The summed E-state index contributed by atoms with van der Waals surface area (Å²) < 4.78 is 0. The predicted octanol–water partition coefficient (Wildman–Crippen LogP) is -7.78. The number of pyridine rings is 2. The number of unbranched alkanes of at least 4 members (excludes halogenated alkanes) is 1. The Hall–Kier alpha value is -3.06. The van der Waals surface area contributed by atoms with Crippen LogP contribution in [0.3, 0.4) is 0 Å². The average molecular weight is 569 g/mol. The van der Waals surface area contributed by atoms with Crippen LogP contribution in [-0.2, 0) is 27.3 Å². The molecule has 0 amide bonds. The van der Waals surface area contributed by atoms with Crippen molar-refractivity contribution in [2.24, 2.45) is 0 Å². The minimum atomic E-state index is -1.52. The van der Waals surface area contributed by atoms with Crippen LogP contribution in [0.1, 0.15) is 54.8 Å².